The Morgan fingerprint density at radius 2 is 2.23 bits per heavy atom. The third kappa shape index (κ3) is 4.24. The van der Waals surface area contributed by atoms with Crippen LogP contribution in [0.25, 0.3) is 0 Å². The van der Waals surface area contributed by atoms with Gasteiger partial charge in [0.2, 0.25) is 0 Å². The van der Waals surface area contributed by atoms with Gasteiger partial charge >= 0.3 is 0 Å². The van der Waals surface area contributed by atoms with Gasteiger partial charge in [0.25, 0.3) is 0 Å². The van der Waals surface area contributed by atoms with E-state index in [9.17, 15) is 4.39 Å². The molecule has 0 aliphatic heterocycles. The van der Waals surface area contributed by atoms with Gasteiger partial charge in [-0.3, -0.25) is 0 Å². The zero-order valence-electron chi connectivity index (χ0n) is 7.00. The maximum absolute atomic E-state index is 11.6. The number of hydrogen-bond donors (Lipinski definition) is 0. The Balaban J connectivity index is 2.28. The smallest absolute Gasteiger partial charge is 0.189 e. The van der Waals surface area contributed by atoms with Crippen LogP contribution in [0.2, 0.25) is 0 Å². The van der Waals surface area contributed by atoms with Crippen LogP contribution in [0.5, 0.6) is 5.75 Å². The SMILES string of the molecule is FCCOCOc1cccc(Br)c1. The van der Waals surface area contributed by atoms with Gasteiger partial charge in [-0.2, -0.15) is 0 Å². The molecule has 72 valence electrons. The van der Waals surface area contributed by atoms with E-state index in [0.717, 1.165) is 4.47 Å². The zero-order chi connectivity index (χ0) is 9.52. The number of alkyl halides is 1. The van der Waals surface area contributed by atoms with E-state index < -0.39 is 6.67 Å². The third-order valence-electron chi connectivity index (χ3n) is 1.33. The molecular formula is C9H10BrFO2. The summed E-state index contributed by atoms with van der Waals surface area (Å²) in [5.41, 5.74) is 0. The van der Waals surface area contributed by atoms with E-state index in [1.807, 2.05) is 24.3 Å². The fraction of sp³-hybridized carbons (Fsp3) is 0.333. The molecule has 0 radical (unpaired) electrons. The van der Waals surface area contributed by atoms with Crippen molar-refractivity contribution in [2.75, 3.05) is 20.1 Å². The number of ether oxygens (including phenoxy) is 2. The van der Waals surface area contributed by atoms with Crippen molar-refractivity contribution in [1.29, 1.82) is 0 Å². The van der Waals surface area contributed by atoms with Crippen molar-refractivity contribution in [3.8, 4) is 5.75 Å². The number of rotatable bonds is 5. The molecule has 0 saturated carbocycles. The minimum atomic E-state index is -0.484. The average Bonchev–Trinajstić information content (AvgIpc) is 2.13. The molecule has 0 aliphatic carbocycles. The number of hydrogen-bond acceptors (Lipinski definition) is 2. The van der Waals surface area contributed by atoms with Gasteiger partial charge in [0.15, 0.2) is 6.79 Å². The van der Waals surface area contributed by atoms with Crippen LogP contribution in [0.15, 0.2) is 28.7 Å². The van der Waals surface area contributed by atoms with E-state index in [-0.39, 0.29) is 13.4 Å². The molecular weight excluding hydrogens is 239 g/mol. The molecule has 1 aromatic carbocycles. The summed E-state index contributed by atoms with van der Waals surface area (Å²) in [5, 5.41) is 0. The molecule has 2 nitrogen and oxygen atoms in total. The Morgan fingerprint density at radius 3 is 2.92 bits per heavy atom. The standard InChI is InChI=1S/C9H10BrFO2/c10-8-2-1-3-9(6-8)13-7-12-5-4-11/h1-3,6H,4-5,7H2. The summed E-state index contributed by atoms with van der Waals surface area (Å²) in [4.78, 5) is 0. The maximum atomic E-state index is 11.6. The molecule has 0 fully saturated rings. The van der Waals surface area contributed by atoms with Crippen LogP contribution in [0.1, 0.15) is 0 Å². The van der Waals surface area contributed by atoms with E-state index in [0.29, 0.717) is 5.75 Å². The summed E-state index contributed by atoms with van der Waals surface area (Å²) in [6.07, 6.45) is 0. The first-order valence-corrected chi connectivity index (χ1v) is 4.64. The molecule has 0 saturated heterocycles. The fourth-order valence-corrected chi connectivity index (χ4v) is 1.16. The van der Waals surface area contributed by atoms with Gasteiger partial charge in [-0.15, -0.1) is 0 Å². The highest BCUT2D eigenvalue weighted by atomic mass is 79.9. The Morgan fingerprint density at radius 1 is 1.38 bits per heavy atom. The van der Waals surface area contributed by atoms with Crippen molar-refractivity contribution in [2.45, 2.75) is 0 Å². The van der Waals surface area contributed by atoms with Crippen molar-refractivity contribution >= 4 is 15.9 Å². The number of benzene rings is 1. The van der Waals surface area contributed by atoms with Crippen LogP contribution in [0, 0.1) is 0 Å². The van der Waals surface area contributed by atoms with E-state index in [2.05, 4.69) is 15.9 Å². The first kappa shape index (κ1) is 10.5. The van der Waals surface area contributed by atoms with E-state index in [4.69, 9.17) is 9.47 Å². The molecule has 0 spiro atoms. The summed E-state index contributed by atoms with van der Waals surface area (Å²) in [6, 6.07) is 7.38. The van der Waals surface area contributed by atoms with Gasteiger partial charge in [-0.05, 0) is 18.2 Å². The Bertz CT molecular complexity index is 255. The summed E-state index contributed by atoms with van der Waals surface area (Å²) >= 11 is 3.30. The molecule has 0 unspecified atom stereocenters. The van der Waals surface area contributed by atoms with Crippen LogP contribution in [-0.2, 0) is 4.74 Å². The zero-order valence-corrected chi connectivity index (χ0v) is 8.59. The summed E-state index contributed by atoms with van der Waals surface area (Å²) in [6.45, 7) is -0.323. The lowest BCUT2D eigenvalue weighted by Gasteiger charge is -2.05. The van der Waals surface area contributed by atoms with E-state index in [1.165, 1.54) is 0 Å². The summed E-state index contributed by atoms with van der Waals surface area (Å²) in [7, 11) is 0. The van der Waals surface area contributed by atoms with Crippen LogP contribution in [-0.4, -0.2) is 20.1 Å². The lowest BCUT2D eigenvalue weighted by molar-refractivity contribution is 0.00943. The number of halogens is 2. The fourth-order valence-electron chi connectivity index (χ4n) is 0.780. The Kier molecular flexibility index (Phi) is 4.78. The predicted molar refractivity (Wildman–Crippen MR) is 51.6 cm³/mol. The van der Waals surface area contributed by atoms with Gasteiger partial charge < -0.3 is 9.47 Å². The van der Waals surface area contributed by atoms with E-state index in [1.54, 1.807) is 0 Å². The molecule has 0 bridgehead atoms. The second kappa shape index (κ2) is 5.94. The van der Waals surface area contributed by atoms with Crippen molar-refractivity contribution in [2.24, 2.45) is 0 Å². The van der Waals surface area contributed by atoms with Gasteiger partial charge in [0, 0.05) is 4.47 Å². The minimum Gasteiger partial charge on any atom is -0.468 e. The first-order valence-electron chi connectivity index (χ1n) is 3.85. The molecule has 0 aliphatic rings. The molecule has 0 atom stereocenters. The van der Waals surface area contributed by atoms with E-state index >= 15 is 0 Å². The molecule has 1 aromatic rings. The van der Waals surface area contributed by atoms with Gasteiger partial charge in [0.1, 0.15) is 12.4 Å². The van der Waals surface area contributed by atoms with Crippen molar-refractivity contribution in [3.05, 3.63) is 28.7 Å². The Hall–Kier alpha value is -0.610. The minimum absolute atomic E-state index is 0.0774. The second-order valence-electron chi connectivity index (χ2n) is 2.32. The average molecular weight is 249 g/mol. The summed E-state index contributed by atoms with van der Waals surface area (Å²) < 4.78 is 22.5. The van der Waals surface area contributed by atoms with Gasteiger partial charge in [-0.1, -0.05) is 22.0 Å². The topological polar surface area (TPSA) is 18.5 Å². The molecule has 13 heavy (non-hydrogen) atoms. The Labute approximate surface area is 84.8 Å². The van der Waals surface area contributed by atoms with Crippen molar-refractivity contribution < 1.29 is 13.9 Å². The monoisotopic (exact) mass is 248 g/mol. The third-order valence-corrected chi connectivity index (χ3v) is 1.82. The normalized spacial score (nSPS) is 10.0. The molecule has 0 aromatic heterocycles. The van der Waals surface area contributed by atoms with Gasteiger partial charge in [0.05, 0.1) is 6.61 Å². The highest BCUT2D eigenvalue weighted by molar-refractivity contribution is 9.10. The maximum Gasteiger partial charge on any atom is 0.189 e. The quantitative estimate of drug-likeness (QED) is 0.590. The molecule has 4 heteroatoms. The molecule has 0 N–H and O–H groups in total. The second-order valence-corrected chi connectivity index (χ2v) is 3.23. The lowest BCUT2D eigenvalue weighted by atomic mass is 10.3. The molecule has 1 rings (SSSR count). The first-order chi connectivity index (χ1) is 6.33. The van der Waals surface area contributed by atoms with Gasteiger partial charge in [-0.25, -0.2) is 4.39 Å². The highest BCUT2D eigenvalue weighted by Gasteiger charge is 1.93. The van der Waals surface area contributed by atoms with Crippen LogP contribution in [0.4, 0.5) is 4.39 Å². The lowest BCUT2D eigenvalue weighted by Crippen LogP contribution is -2.04. The molecule has 0 amide bonds. The van der Waals surface area contributed by atoms with Crippen LogP contribution >= 0.6 is 15.9 Å². The van der Waals surface area contributed by atoms with Crippen molar-refractivity contribution in [1.82, 2.24) is 0 Å². The largest absolute Gasteiger partial charge is 0.468 e. The summed E-state index contributed by atoms with van der Waals surface area (Å²) in [5.74, 6) is 0.702. The predicted octanol–water partition coefficient (Wildman–Crippen LogP) is 2.77. The van der Waals surface area contributed by atoms with Crippen LogP contribution < -0.4 is 4.74 Å². The highest BCUT2D eigenvalue weighted by Crippen LogP contribution is 2.17. The molecule has 0 heterocycles. The van der Waals surface area contributed by atoms with Crippen molar-refractivity contribution in [3.63, 3.8) is 0 Å². The van der Waals surface area contributed by atoms with Crippen LogP contribution in [0.3, 0.4) is 0 Å².